The quantitative estimate of drug-likeness (QED) is 0.498. The van der Waals surface area contributed by atoms with Gasteiger partial charge < -0.3 is 4.90 Å². The van der Waals surface area contributed by atoms with Crippen molar-refractivity contribution < 1.29 is 4.79 Å². The van der Waals surface area contributed by atoms with Crippen molar-refractivity contribution in [2.24, 2.45) is 0 Å². The molecule has 1 fully saturated rings. The highest BCUT2D eigenvalue weighted by Gasteiger charge is 2.40. The van der Waals surface area contributed by atoms with Gasteiger partial charge in [0, 0.05) is 18.2 Å². The number of fused-ring (bicyclic) bond motifs is 1. The Morgan fingerprint density at radius 1 is 1.80 bits per heavy atom. The Morgan fingerprint density at radius 3 is 3.10 bits per heavy atom. The van der Waals surface area contributed by atoms with Crippen LogP contribution in [0.1, 0.15) is 26.2 Å². The van der Waals surface area contributed by atoms with E-state index in [1.165, 1.54) is 5.70 Å². The lowest BCUT2D eigenvalue weighted by Crippen LogP contribution is -2.48. The van der Waals surface area contributed by atoms with E-state index in [4.69, 9.17) is 0 Å². The van der Waals surface area contributed by atoms with E-state index in [2.05, 4.69) is 13.0 Å². The minimum absolute atomic E-state index is 0.315. The molecule has 2 heterocycles. The van der Waals surface area contributed by atoms with Gasteiger partial charge in [-0.05, 0) is 12.8 Å². The monoisotopic (exact) mass is 137 g/mol. The van der Waals surface area contributed by atoms with Gasteiger partial charge in [0.1, 0.15) is 0 Å². The summed E-state index contributed by atoms with van der Waals surface area (Å²) in [5.74, 6) is 0.315. The molecule has 2 aliphatic rings. The Kier molecular flexibility index (Phi) is 1.10. The lowest BCUT2D eigenvalue weighted by Gasteiger charge is -2.36. The van der Waals surface area contributed by atoms with Gasteiger partial charge in [-0.15, -0.1) is 0 Å². The van der Waals surface area contributed by atoms with Crippen molar-refractivity contribution in [3.8, 4) is 0 Å². The molecule has 0 N–H and O–H groups in total. The first kappa shape index (κ1) is 5.96. The summed E-state index contributed by atoms with van der Waals surface area (Å²) in [6.45, 7) is 2.10. The first-order valence-electron chi connectivity index (χ1n) is 3.84. The molecule has 1 saturated heterocycles. The summed E-state index contributed by atoms with van der Waals surface area (Å²) >= 11 is 0. The number of rotatable bonds is 1. The minimum atomic E-state index is 0.315. The van der Waals surface area contributed by atoms with Crippen LogP contribution in [0.3, 0.4) is 0 Å². The molecule has 1 amide bonds. The molecular weight excluding hydrogens is 126 g/mol. The summed E-state index contributed by atoms with van der Waals surface area (Å²) in [5, 5.41) is 0. The molecule has 2 aliphatic heterocycles. The Bertz CT molecular complexity index is 207. The fourth-order valence-corrected chi connectivity index (χ4v) is 1.75. The van der Waals surface area contributed by atoms with Gasteiger partial charge >= 0.3 is 0 Å². The molecule has 0 aromatic rings. The fourth-order valence-electron chi connectivity index (χ4n) is 1.75. The van der Waals surface area contributed by atoms with E-state index in [0.29, 0.717) is 11.9 Å². The van der Waals surface area contributed by atoms with Crippen molar-refractivity contribution in [3.05, 3.63) is 11.8 Å². The molecule has 2 rings (SSSR count). The largest absolute Gasteiger partial charge is 0.313 e. The van der Waals surface area contributed by atoms with Crippen LogP contribution in [0.5, 0.6) is 0 Å². The number of nitrogens with zero attached hydrogens (tertiary/aromatic N) is 1. The maximum atomic E-state index is 11.0. The van der Waals surface area contributed by atoms with Gasteiger partial charge in [0.2, 0.25) is 5.91 Å². The van der Waals surface area contributed by atoms with Crippen molar-refractivity contribution in [2.75, 3.05) is 0 Å². The maximum Gasteiger partial charge on any atom is 0.229 e. The van der Waals surface area contributed by atoms with E-state index in [1.807, 2.05) is 4.90 Å². The van der Waals surface area contributed by atoms with Gasteiger partial charge in [0.05, 0.1) is 0 Å². The molecule has 1 unspecified atom stereocenters. The predicted molar refractivity (Wildman–Crippen MR) is 38.2 cm³/mol. The Balaban J connectivity index is 2.17. The lowest BCUT2D eigenvalue weighted by atomic mass is 10.0. The van der Waals surface area contributed by atoms with Gasteiger partial charge in [-0.3, -0.25) is 4.79 Å². The number of hydrogen-bond donors (Lipinski definition) is 0. The van der Waals surface area contributed by atoms with Gasteiger partial charge in [0.15, 0.2) is 0 Å². The Hall–Kier alpha value is -0.790. The molecule has 0 aromatic carbocycles. The number of β-lactam (4-membered cyclic amide) rings is 1. The third-order valence-corrected chi connectivity index (χ3v) is 2.34. The predicted octanol–water partition coefficient (Wildman–Crippen LogP) is 1.28. The van der Waals surface area contributed by atoms with Crippen LogP contribution in [0, 0.1) is 0 Å². The molecular formula is C8H11NO. The molecule has 0 aliphatic carbocycles. The van der Waals surface area contributed by atoms with Crippen LogP contribution in [0.4, 0.5) is 0 Å². The zero-order valence-corrected chi connectivity index (χ0v) is 6.13. The van der Waals surface area contributed by atoms with Crippen molar-refractivity contribution >= 4 is 5.91 Å². The molecule has 0 aromatic heterocycles. The van der Waals surface area contributed by atoms with Gasteiger partial charge in [-0.25, -0.2) is 0 Å². The van der Waals surface area contributed by atoms with Crippen LogP contribution in [0.2, 0.25) is 0 Å². The van der Waals surface area contributed by atoms with E-state index < -0.39 is 0 Å². The van der Waals surface area contributed by atoms with Gasteiger partial charge in [-0.1, -0.05) is 13.0 Å². The SMILES string of the molecule is CCC1=CCC2CC(=O)N12. The zero-order chi connectivity index (χ0) is 7.14. The molecule has 0 radical (unpaired) electrons. The standard InChI is InChI=1S/C8H11NO/c1-2-6-3-4-7-5-8(10)9(6)7/h3,7H,2,4-5H2,1H3. The maximum absolute atomic E-state index is 11.0. The van der Waals surface area contributed by atoms with E-state index >= 15 is 0 Å². The summed E-state index contributed by atoms with van der Waals surface area (Å²) in [4.78, 5) is 12.9. The van der Waals surface area contributed by atoms with E-state index in [-0.39, 0.29) is 0 Å². The second-order valence-electron chi connectivity index (χ2n) is 2.91. The lowest BCUT2D eigenvalue weighted by molar-refractivity contribution is -0.141. The molecule has 54 valence electrons. The highest BCUT2D eigenvalue weighted by atomic mass is 16.2. The first-order chi connectivity index (χ1) is 4.83. The number of carbonyl (C=O) groups excluding carboxylic acids is 1. The highest BCUT2D eigenvalue weighted by Crippen LogP contribution is 2.34. The van der Waals surface area contributed by atoms with Crippen molar-refractivity contribution in [2.45, 2.75) is 32.2 Å². The second-order valence-corrected chi connectivity index (χ2v) is 2.91. The van der Waals surface area contributed by atoms with Crippen molar-refractivity contribution in [1.29, 1.82) is 0 Å². The van der Waals surface area contributed by atoms with E-state index in [0.717, 1.165) is 19.3 Å². The third kappa shape index (κ3) is 0.564. The van der Waals surface area contributed by atoms with Gasteiger partial charge in [-0.2, -0.15) is 0 Å². The number of amides is 1. The average molecular weight is 137 g/mol. The van der Waals surface area contributed by atoms with E-state index in [1.54, 1.807) is 0 Å². The Morgan fingerprint density at radius 2 is 2.60 bits per heavy atom. The molecule has 10 heavy (non-hydrogen) atoms. The summed E-state index contributed by atoms with van der Waals surface area (Å²) in [5.41, 5.74) is 1.24. The topological polar surface area (TPSA) is 20.3 Å². The highest BCUT2D eigenvalue weighted by molar-refractivity contribution is 5.85. The first-order valence-corrected chi connectivity index (χ1v) is 3.84. The smallest absolute Gasteiger partial charge is 0.229 e. The summed E-state index contributed by atoms with van der Waals surface area (Å²) in [6, 6.07) is 0.544. The average Bonchev–Trinajstić information content (AvgIpc) is 2.25. The minimum Gasteiger partial charge on any atom is -0.313 e. The normalized spacial score (nSPS) is 29.7. The second kappa shape index (κ2) is 1.84. The molecule has 0 bridgehead atoms. The zero-order valence-electron chi connectivity index (χ0n) is 6.13. The fraction of sp³-hybridized carbons (Fsp3) is 0.625. The molecule has 2 heteroatoms. The van der Waals surface area contributed by atoms with Crippen LogP contribution < -0.4 is 0 Å². The van der Waals surface area contributed by atoms with Crippen LogP contribution >= 0.6 is 0 Å². The Labute approximate surface area is 60.5 Å². The number of allylic oxidation sites excluding steroid dienone is 1. The van der Waals surface area contributed by atoms with Gasteiger partial charge in [0.25, 0.3) is 0 Å². The summed E-state index contributed by atoms with van der Waals surface area (Å²) in [6.07, 6.45) is 5.06. The van der Waals surface area contributed by atoms with Crippen LogP contribution in [0.15, 0.2) is 11.8 Å². The molecule has 0 spiro atoms. The van der Waals surface area contributed by atoms with Crippen molar-refractivity contribution in [3.63, 3.8) is 0 Å². The summed E-state index contributed by atoms with van der Waals surface area (Å²) < 4.78 is 0. The third-order valence-electron chi connectivity index (χ3n) is 2.34. The molecule has 1 atom stereocenters. The summed E-state index contributed by atoms with van der Waals surface area (Å²) in [7, 11) is 0. The van der Waals surface area contributed by atoms with Crippen LogP contribution in [-0.2, 0) is 4.79 Å². The number of carbonyl (C=O) groups is 1. The molecule has 0 saturated carbocycles. The van der Waals surface area contributed by atoms with Crippen LogP contribution in [-0.4, -0.2) is 16.8 Å². The van der Waals surface area contributed by atoms with Crippen molar-refractivity contribution in [1.82, 2.24) is 4.90 Å². The van der Waals surface area contributed by atoms with Crippen LogP contribution in [0.25, 0.3) is 0 Å². The number of hydrogen-bond acceptors (Lipinski definition) is 1. The van der Waals surface area contributed by atoms with E-state index in [9.17, 15) is 4.79 Å². The molecule has 2 nitrogen and oxygen atoms in total.